The predicted molar refractivity (Wildman–Crippen MR) is 46.3 cm³/mol. The zero-order chi connectivity index (χ0) is 8.48. The van der Waals surface area contributed by atoms with Gasteiger partial charge >= 0.3 is 0 Å². The van der Waals surface area contributed by atoms with Crippen LogP contribution in [0.15, 0.2) is 17.5 Å². The van der Waals surface area contributed by atoms with Crippen LogP contribution in [0.1, 0.15) is 33.6 Å². The average Bonchev–Trinajstić information content (AvgIpc) is 2.10. The minimum Gasteiger partial charge on any atom is -0.362 e. The second-order valence-electron chi connectivity index (χ2n) is 4.20. The second-order valence-corrected chi connectivity index (χ2v) is 4.20. The summed E-state index contributed by atoms with van der Waals surface area (Å²) < 4.78 is 0. The van der Waals surface area contributed by atoms with Crippen LogP contribution in [0, 0.1) is 5.41 Å². The first-order chi connectivity index (χ1) is 4.97. The normalized spacial score (nSPS) is 18.1. The highest BCUT2D eigenvalue weighted by Gasteiger charge is 2.19. The van der Waals surface area contributed by atoms with E-state index in [0.717, 1.165) is 24.3 Å². The number of hydrogen-bond acceptors (Lipinski definition) is 2. The molecule has 0 fully saturated rings. The summed E-state index contributed by atoms with van der Waals surface area (Å²) in [6.07, 6.45) is 1.81. The number of nitrogens with zero attached hydrogens (tertiary/aromatic N) is 1. The molecule has 0 amide bonds. The molecule has 2 nitrogen and oxygen atoms in total. The highest BCUT2D eigenvalue weighted by Crippen LogP contribution is 2.24. The Morgan fingerprint density at radius 2 is 2.18 bits per heavy atom. The molecule has 0 saturated heterocycles. The first kappa shape index (κ1) is 8.31. The van der Waals surface area contributed by atoms with Gasteiger partial charge in [0.25, 0.3) is 0 Å². The number of hydrogen-bond donors (Lipinski definition) is 0. The zero-order valence-corrected chi connectivity index (χ0v) is 7.48. The van der Waals surface area contributed by atoms with Gasteiger partial charge in [-0.1, -0.05) is 32.5 Å². The van der Waals surface area contributed by atoms with Crippen LogP contribution in [0.2, 0.25) is 0 Å². The molecule has 0 unspecified atom stereocenters. The van der Waals surface area contributed by atoms with Crippen molar-refractivity contribution >= 4 is 5.71 Å². The third kappa shape index (κ3) is 2.74. The van der Waals surface area contributed by atoms with Crippen molar-refractivity contribution in [3.63, 3.8) is 0 Å². The van der Waals surface area contributed by atoms with E-state index >= 15 is 0 Å². The molecule has 2 heteroatoms. The van der Waals surface area contributed by atoms with Gasteiger partial charge in [-0.25, -0.2) is 0 Å². The maximum absolute atomic E-state index is 4.90. The maximum atomic E-state index is 4.90. The first-order valence-electron chi connectivity index (χ1n) is 3.88. The summed E-state index contributed by atoms with van der Waals surface area (Å²) in [6.45, 7) is 10.3. The Morgan fingerprint density at radius 1 is 1.55 bits per heavy atom. The van der Waals surface area contributed by atoms with E-state index in [9.17, 15) is 0 Å². The Bertz CT molecular complexity index is 198. The lowest BCUT2D eigenvalue weighted by Crippen LogP contribution is -2.11. The molecule has 0 bridgehead atoms. The van der Waals surface area contributed by atoms with Gasteiger partial charge in [-0.05, 0) is 11.8 Å². The SMILES string of the molecule is C=C1CC(CC(C)(C)C)=NO1. The van der Waals surface area contributed by atoms with E-state index in [1.54, 1.807) is 0 Å². The molecule has 0 atom stereocenters. The van der Waals surface area contributed by atoms with Crippen LogP contribution in [0.3, 0.4) is 0 Å². The van der Waals surface area contributed by atoms with Gasteiger partial charge < -0.3 is 4.84 Å². The summed E-state index contributed by atoms with van der Waals surface area (Å²) in [5.74, 6) is 0.768. The van der Waals surface area contributed by atoms with E-state index in [1.807, 2.05) is 0 Å². The second kappa shape index (κ2) is 2.68. The minimum atomic E-state index is 0.298. The first-order valence-corrected chi connectivity index (χ1v) is 3.88. The van der Waals surface area contributed by atoms with E-state index in [0.29, 0.717) is 5.41 Å². The Balaban J connectivity index is 2.46. The van der Waals surface area contributed by atoms with Crippen molar-refractivity contribution in [2.24, 2.45) is 10.6 Å². The maximum Gasteiger partial charge on any atom is 0.133 e. The summed E-state index contributed by atoms with van der Waals surface area (Å²) in [4.78, 5) is 4.90. The highest BCUT2D eigenvalue weighted by atomic mass is 16.6. The fourth-order valence-corrected chi connectivity index (χ4v) is 1.13. The van der Waals surface area contributed by atoms with Crippen LogP contribution in [0.4, 0.5) is 0 Å². The zero-order valence-electron chi connectivity index (χ0n) is 7.48. The minimum absolute atomic E-state index is 0.298. The van der Waals surface area contributed by atoms with Gasteiger partial charge in [0.05, 0.1) is 5.71 Å². The van der Waals surface area contributed by atoms with Crippen LogP contribution < -0.4 is 0 Å². The lowest BCUT2D eigenvalue weighted by atomic mass is 9.89. The highest BCUT2D eigenvalue weighted by molar-refractivity contribution is 5.87. The molecular weight excluding hydrogens is 138 g/mol. The van der Waals surface area contributed by atoms with Crippen LogP contribution in [-0.2, 0) is 4.84 Å². The number of oxime groups is 1. The third-order valence-electron chi connectivity index (χ3n) is 1.44. The quantitative estimate of drug-likeness (QED) is 0.567. The Hall–Kier alpha value is -0.790. The van der Waals surface area contributed by atoms with Gasteiger partial charge in [-0.15, -0.1) is 0 Å². The molecule has 0 radical (unpaired) electrons. The van der Waals surface area contributed by atoms with Crippen molar-refractivity contribution in [2.75, 3.05) is 0 Å². The van der Waals surface area contributed by atoms with Gasteiger partial charge in [0, 0.05) is 6.42 Å². The molecule has 0 aromatic heterocycles. The van der Waals surface area contributed by atoms with Crippen LogP contribution in [-0.4, -0.2) is 5.71 Å². The molecule has 0 saturated carbocycles. The fraction of sp³-hybridized carbons (Fsp3) is 0.667. The van der Waals surface area contributed by atoms with Gasteiger partial charge in [0.1, 0.15) is 5.76 Å². The number of rotatable bonds is 1. The van der Waals surface area contributed by atoms with Crippen molar-refractivity contribution in [3.8, 4) is 0 Å². The summed E-state index contributed by atoms with van der Waals surface area (Å²) in [5.41, 5.74) is 1.41. The standard InChI is InChI=1S/C9H15NO/c1-7-5-8(10-11-7)6-9(2,3)4/h1,5-6H2,2-4H3. The van der Waals surface area contributed by atoms with Crippen molar-refractivity contribution in [1.29, 1.82) is 0 Å². The molecule has 0 aromatic rings. The average molecular weight is 153 g/mol. The molecule has 0 aromatic carbocycles. The van der Waals surface area contributed by atoms with Crippen LogP contribution >= 0.6 is 0 Å². The van der Waals surface area contributed by atoms with Crippen LogP contribution in [0.25, 0.3) is 0 Å². The molecule has 62 valence electrons. The molecule has 0 aliphatic carbocycles. The topological polar surface area (TPSA) is 21.6 Å². The van der Waals surface area contributed by atoms with Gasteiger partial charge in [0.15, 0.2) is 0 Å². The number of allylic oxidation sites excluding steroid dienone is 1. The molecule has 1 aliphatic heterocycles. The van der Waals surface area contributed by atoms with Crippen molar-refractivity contribution < 1.29 is 4.84 Å². The van der Waals surface area contributed by atoms with E-state index in [-0.39, 0.29) is 0 Å². The summed E-state index contributed by atoms with van der Waals surface area (Å²) in [5, 5.41) is 3.92. The molecule has 11 heavy (non-hydrogen) atoms. The molecule has 0 spiro atoms. The Kier molecular flexibility index (Phi) is 2.03. The summed E-state index contributed by atoms with van der Waals surface area (Å²) in [6, 6.07) is 0. The van der Waals surface area contributed by atoms with Crippen molar-refractivity contribution in [3.05, 3.63) is 12.3 Å². The molecule has 1 rings (SSSR count). The van der Waals surface area contributed by atoms with E-state index in [2.05, 4.69) is 32.5 Å². The van der Waals surface area contributed by atoms with Crippen LogP contribution in [0.5, 0.6) is 0 Å². The van der Waals surface area contributed by atoms with E-state index < -0.39 is 0 Å². The predicted octanol–water partition coefficient (Wildman–Crippen LogP) is 2.71. The fourth-order valence-electron chi connectivity index (χ4n) is 1.13. The monoisotopic (exact) mass is 153 g/mol. The largest absolute Gasteiger partial charge is 0.362 e. The molecule has 1 aliphatic rings. The molecule has 0 N–H and O–H groups in total. The van der Waals surface area contributed by atoms with Crippen molar-refractivity contribution in [2.45, 2.75) is 33.6 Å². The summed E-state index contributed by atoms with van der Waals surface area (Å²) in [7, 11) is 0. The van der Waals surface area contributed by atoms with Gasteiger partial charge in [-0.3, -0.25) is 0 Å². The van der Waals surface area contributed by atoms with Crippen molar-refractivity contribution in [1.82, 2.24) is 0 Å². The Labute approximate surface area is 67.9 Å². The van der Waals surface area contributed by atoms with Gasteiger partial charge in [0.2, 0.25) is 0 Å². The smallest absolute Gasteiger partial charge is 0.133 e. The molecule has 1 heterocycles. The summed E-state index contributed by atoms with van der Waals surface area (Å²) >= 11 is 0. The van der Waals surface area contributed by atoms with E-state index in [1.165, 1.54) is 0 Å². The molecular formula is C9H15NO. The lowest BCUT2D eigenvalue weighted by Gasteiger charge is -2.16. The third-order valence-corrected chi connectivity index (χ3v) is 1.44. The lowest BCUT2D eigenvalue weighted by molar-refractivity contribution is 0.245. The van der Waals surface area contributed by atoms with Gasteiger partial charge in [-0.2, -0.15) is 0 Å². The Morgan fingerprint density at radius 3 is 2.55 bits per heavy atom. The van der Waals surface area contributed by atoms with E-state index in [4.69, 9.17) is 4.84 Å².